The average Bonchev–Trinajstić information content (AvgIpc) is 3.43. The summed E-state index contributed by atoms with van der Waals surface area (Å²) in [5.74, 6) is 1.10. The Labute approximate surface area is 166 Å². The number of nitrogens with zero attached hydrogens (tertiary/aromatic N) is 6. The minimum Gasteiger partial charge on any atom is -0.392 e. The molecule has 11 heteroatoms. The first-order chi connectivity index (χ1) is 13.9. The second-order valence-electron chi connectivity index (χ2n) is 7.64. The molecule has 2 heterocycles. The highest BCUT2D eigenvalue weighted by atomic mass is 16.6. The molecule has 2 fully saturated rings. The van der Waals surface area contributed by atoms with Crippen LogP contribution in [0.1, 0.15) is 54.6 Å². The average molecular weight is 402 g/mol. The number of hydrogen-bond acceptors (Lipinski definition) is 8. The van der Waals surface area contributed by atoms with Crippen molar-refractivity contribution in [2.24, 2.45) is 0 Å². The second kappa shape index (κ2) is 7.39. The Bertz CT molecular complexity index is 962. The number of hydrogen-bond donors (Lipinski definition) is 1. The van der Waals surface area contributed by atoms with E-state index in [1.54, 1.807) is 11.2 Å². The molecule has 4 rings (SSSR count). The van der Waals surface area contributed by atoms with Gasteiger partial charge < -0.3 is 14.6 Å². The van der Waals surface area contributed by atoms with Gasteiger partial charge >= 0.3 is 5.69 Å². The molecule has 29 heavy (non-hydrogen) atoms. The van der Waals surface area contributed by atoms with E-state index < -0.39 is 16.5 Å². The Hall–Kier alpha value is -3.08. The highest BCUT2D eigenvalue weighted by molar-refractivity contribution is 5.79. The summed E-state index contributed by atoms with van der Waals surface area (Å²) < 4.78 is 2.12. The number of aliphatic hydroxyl groups excluding tert-OH is 1. The van der Waals surface area contributed by atoms with Crippen LogP contribution in [0.5, 0.6) is 0 Å². The number of aromatic nitrogens is 3. The van der Waals surface area contributed by atoms with Gasteiger partial charge in [-0.05, 0) is 38.2 Å². The van der Waals surface area contributed by atoms with Gasteiger partial charge in [0.15, 0.2) is 5.69 Å². The number of rotatable bonds is 6. The maximum Gasteiger partial charge on any atom is 0.302 e. The van der Waals surface area contributed by atoms with Crippen molar-refractivity contribution in [1.82, 2.24) is 14.8 Å². The van der Waals surface area contributed by atoms with E-state index in [9.17, 15) is 25.3 Å². The van der Waals surface area contributed by atoms with E-state index >= 15 is 0 Å². The first kappa shape index (κ1) is 19.2. The fraction of sp³-hybridized carbons (Fsp3) is 0.556. The van der Waals surface area contributed by atoms with E-state index in [1.165, 1.54) is 13.0 Å². The molecule has 0 atom stereocenters. The molecule has 1 aliphatic heterocycles. The molecule has 2 aromatic rings. The van der Waals surface area contributed by atoms with Crippen LogP contribution in [0, 0.1) is 27.2 Å². The van der Waals surface area contributed by atoms with Crippen molar-refractivity contribution in [2.75, 3.05) is 18.0 Å². The minimum absolute atomic E-state index is 0.0248. The highest BCUT2D eigenvalue weighted by Gasteiger charge is 2.37. The van der Waals surface area contributed by atoms with Crippen molar-refractivity contribution in [1.29, 1.82) is 0 Å². The van der Waals surface area contributed by atoms with Gasteiger partial charge in [-0.1, -0.05) is 0 Å². The molecule has 2 aliphatic rings. The van der Waals surface area contributed by atoms with Gasteiger partial charge in [-0.15, -0.1) is 10.2 Å². The Balaban J connectivity index is 1.65. The summed E-state index contributed by atoms with van der Waals surface area (Å²) >= 11 is 0. The van der Waals surface area contributed by atoms with Gasteiger partial charge in [0.2, 0.25) is 0 Å². The van der Waals surface area contributed by atoms with Gasteiger partial charge in [-0.25, -0.2) is 0 Å². The smallest absolute Gasteiger partial charge is 0.302 e. The third kappa shape index (κ3) is 3.41. The summed E-state index contributed by atoms with van der Waals surface area (Å²) in [6, 6.07) is 1.71. The number of piperidine rings is 1. The molecule has 1 saturated heterocycles. The molecule has 1 aromatic heterocycles. The number of benzene rings is 1. The summed E-state index contributed by atoms with van der Waals surface area (Å²) in [6.45, 7) is 1.91. The van der Waals surface area contributed by atoms with Crippen molar-refractivity contribution in [3.8, 4) is 0 Å². The van der Waals surface area contributed by atoms with E-state index in [1.807, 2.05) is 0 Å². The van der Waals surface area contributed by atoms with Crippen LogP contribution in [0.15, 0.2) is 12.4 Å². The fourth-order valence-corrected chi connectivity index (χ4v) is 4.17. The summed E-state index contributed by atoms with van der Waals surface area (Å²) in [6.07, 6.45) is 5.37. The fourth-order valence-electron chi connectivity index (χ4n) is 4.17. The van der Waals surface area contributed by atoms with E-state index in [2.05, 4.69) is 14.8 Å². The summed E-state index contributed by atoms with van der Waals surface area (Å²) in [4.78, 5) is 23.9. The maximum atomic E-state index is 11.8. The molecular weight excluding hydrogens is 380 g/mol. The lowest BCUT2D eigenvalue weighted by molar-refractivity contribution is -0.393. The maximum absolute atomic E-state index is 11.8. The second-order valence-corrected chi connectivity index (χ2v) is 7.64. The van der Waals surface area contributed by atoms with Crippen molar-refractivity contribution in [3.05, 3.63) is 49.6 Å². The minimum atomic E-state index is -0.614. The predicted octanol–water partition coefficient (Wildman–Crippen LogP) is 2.61. The van der Waals surface area contributed by atoms with Crippen molar-refractivity contribution in [2.45, 2.75) is 51.2 Å². The van der Waals surface area contributed by atoms with Crippen LogP contribution < -0.4 is 4.90 Å². The molecule has 0 radical (unpaired) electrons. The van der Waals surface area contributed by atoms with E-state index in [4.69, 9.17) is 0 Å². The van der Waals surface area contributed by atoms with Crippen molar-refractivity contribution in [3.63, 3.8) is 0 Å². The van der Waals surface area contributed by atoms with Gasteiger partial charge in [0, 0.05) is 36.7 Å². The van der Waals surface area contributed by atoms with Crippen molar-refractivity contribution >= 4 is 17.1 Å². The quantitative estimate of drug-likeness (QED) is 0.574. The normalized spacial score (nSPS) is 17.5. The Morgan fingerprint density at radius 1 is 1.17 bits per heavy atom. The Morgan fingerprint density at radius 3 is 2.41 bits per heavy atom. The third-order valence-electron chi connectivity index (χ3n) is 5.88. The predicted molar refractivity (Wildman–Crippen MR) is 103 cm³/mol. The summed E-state index contributed by atoms with van der Waals surface area (Å²) in [7, 11) is 0. The molecule has 1 N–H and O–H groups in total. The summed E-state index contributed by atoms with van der Waals surface area (Å²) in [5.41, 5.74) is -0.168. The van der Waals surface area contributed by atoms with Crippen LogP contribution in [0.3, 0.4) is 0 Å². The van der Waals surface area contributed by atoms with Crippen LogP contribution in [0.25, 0.3) is 0 Å². The van der Waals surface area contributed by atoms with Crippen LogP contribution >= 0.6 is 0 Å². The zero-order valence-corrected chi connectivity index (χ0v) is 16.0. The molecule has 0 amide bonds. The van der Waals surface area contributed by atoms with Gasteiger partial charge in [0.1, 0.15) is 12.2 Å². The topological polar surface area (TPSA) is 140 Å². The largest absolute Gasteiger partial charge is 0.392 e. The van der Waals surface area contributed by atoms with Gasteiger partial charge in [-0.3, -0.25) is 20.2 Å². The lowest BCUT2D eigenvalue weighted by Crippen LogP contribution is -2.34. The zero-order chi connectivity index (χ0) is 20.7. The monoisotopic (exact) mass is 402 g/mol. The SMILES string of the molecule is Cc1c(CO)cc([N+](=O)[O-])c(N2CCC(c3nncn3C3CC3)CC2)c1[N+](=O)[O-]. The Morgan fingerprint density at radius 2 is 1.86 bits per heavy atom. The number of aliphatic hydroxyl groups is 1. The lowest BCUT2D eigenvalue weighted by atomic mass is 9.94. The first-order valence-corrected chi connectivity index (χ1v) is 9.62. The van der Waals surface area contributed by atoms with Crippen molar-refractivity contribution < 1.29 is 15.0 Å². The van der Waals surface area contributed by atoms with Crippen LogP contribution in [0.2, 0.25) is 0 Å². The number of anilines is 1. The van der Waals surface area contributed by atoms with Crippen LogP contribution in [-0.4, -0.2) is 42.8 Å². The molecule has 154 valence electrons. The molecule has 11 nitrogen and oxygen atoms in total. The van der Waals surface area contributed by atoms with Gasteiger partial charge in [0.05, 0.1) is 16.5 Å². The Kier molecular flexibility index (Phi) is 4.91. The first-order valence-electron chi connectivity index (χ1n) is 9.62. The van der Waals surface area contributed by atoms with E-state index in [0.717, 1.165) is 18.7 Å². The summed E-state index contributed by atoms with van der Waals surface area (Å²) in [5, 5.41) is 41.2. The van der Waals surface area contributed by atoms with E-state index in [-0.39, 0.29) is 34.1 Å². The third-order valence-corrected chi connectivity index (χ3v) is 5.88. The zero-order valence-electron chi connectivity index (χ0n) is 16.0. The molecular formula is C18H22N6O5. The molecule has 0 unspecified atom stereocenters. The lowest BCUT2D eigenvalue weighted by Gasteiger charge is -2.33. The van der Waals surface area contributed by atoms with E-state index in [0.29, 0.717) is 32.0 Å². The molecule has 1 aliphatic carbocycles. The molecule has 1 aromatic carbocycles. The van der Waals surface area contributed by atoms with Crippen LogP contribution in [0.4, 0.5) is 17.1 Å². The van der Waals surface area contributed by atoms with Gasteiger partial charge in [-0.2, -0.15) is 0 Å². The molecule has 0 spiro atoms. The molecule has 0 bridgehead atoms. The van der Waals surface area contributed by atoms with Crippen LogP contribution in [-0.2, 0) is 6.61 Å². The number of nitro groups is 2. The highest BCUT2D eigenvalue weighted by Crippen LogP contribution is 2.44. The number of nitro benzene ring substituents is 2. The standard InChI is InChI=1S/C18H22N6O5/c1-11-13(9-25)8-15(23(26)27)17(16(11)24(28)29)21-6-4-12(5-7-21)18-20-19-10-22(18)14-2-3-14/h8,10,12,14,25H,2-7,9H2,1H3. The van der Waals surface area contributed by atoms with Gasteiger partial charge in [0.25, 0.3) is 5.69 Å². The molecule has 1 saturated carbocycles.